The van der Waals surface area contributed by atoms with Crippen molar-refractivity contribution in [1.82, 2.24) is 4.98 Å². The Balaban J connectivity index is 3.05. The van der Waals surface area contributed by atoms with Crippen molar-refractivity contribution in [1.29, 1.82) is 0 Å². The molecule has 0 atom stereocenters. The predicted octanol–water partition coefficient (Wildman–Crippen LogP) is 2.39. The zero-order valence-corrected chi connectivity index (χ0v) is 7.04. The maximum absolute atomic E-state index is 12.1. The molecule has 0 saturated carbocycles. The van der Waals surface area contributed by atoms with Crippen LogP contribution in [0.5, 0.6) is 0 Å². The van der Waals surface area contributed by atoms with Gasteiger partial charge in [0.25, 0.3) is 6.43 Å². The molecule has 1 aromatic rings. The van der Waals surface area contributed by atoms with Gasteiger partial charge in [0, 0.05) is 0 Å². The molecule has 0 fully saturated rings. The molecule has 0 aliphatic rings. The first-order valence-corrected chi connectivity index (χ1v) is 3.66. The van der Waals surface area contributed by atoms with Crippen LogP contribution >= 0.6 is 11.6 Å². The second-order valence-electron chi connectivity index (χ2n) is 2.14. The van der Waals surface area contributed by atoms with Gasteiger partial charge >= 0.3 is 0 Å². The molecular formula is C7H5ClF2N2O. The average molecular weight is 207 g/mol. The molecule has 0 amide bonds. The summed E-state index contributed by atoms with van der Waals surface area (Å²) in [6.45, 7) is 0. The van der Waals surface area contributed by atoms with Gasteiger partial charge in [0.1, 0.15) is 11.4 Å². The number of nitrogens with zero attached hydrogens (tertiary/aromatic N) is 2. The summed E-state index contributed by atoms with van der Waals surface area (Å²) in [7, 11) is 0. The molecule has 6 heteroatoms. The lowest BCUT2D eigenvalue weighted by molar-refractivity contribution is 0.146. The van der Waals surface area contributed by atoms with E-state index in [1.54, 1.807) is 0 Å². The number of alkyl halides is 2. The van der Waals surface area contributed by atoms with Gasteiger partial charge in [-0.3, -0.25) is 0 Å². The molecule has 13 heavy (non-hydrogen) atoms. The first kappa shape index (κ1) is 9.85. The minimum Gasteiger partial charge on any atom is -0.410 e. The monoisotopic (exact) mass is 206 g/mol. The fraction of sp³-hybridized carbons (Fsp3) is 0.143. The summed E-state index contributed by atoms with van der Waals surface area (Å²) in [5.74, 6) is 0. The lowest BCUT2D eigenvalue weighted by atomic mass is 10.3. The van der Waals surface area contributed by atoms with Crippen LogP contribution in [0, 0.1) is 0 Å². The fourth-order valence-electron chi connectivity index (χ4n) is 0.739. The Kier molecular flexibility index (Phi) is 3.13. The summed E-state index contributed by atoms with van der Waals surface area (Å²) in [4.78, 5) is 3.47. The van der Waals surface area contributed by atoms with Crippen molar-refractivity contribution in [2.24, 2.45) is 5.16 Å². The Labute approximate surface area is 77.7 Å². The van der Waals surface area contributed by atoms with E-state index in [-0.39, 0.29) is 10.9 Å². The number of rotatable bonds is 2. The summed E-state index contributed by atoms with van der Waals surface area (Å²) in [6, 6.07) is 3.89. The highest BCUT2D eigenvalue weighted by molar-refractivity contribution is 6.69. The van der Waals surface area contributed by atoms with Crippen LogP contribution in [0.25, 0.3) is 0 Å². The molecule has 0 saturated heterocycles. The van der Waals surface area contributed by atoms with E-state index < -0.39 is 12.1 Å². The first-order valence-electron chi connectivity index (χ1n) is 3.28. The number of hydrogen-bond donors (Lipinski definition) is 1. The van der Waals surface area contributed by atoms with Gasteiger partial charge in [0.15, 0.2) is 5.17 Å². The molecule has 0 aliphatic heterocycles. The van der Waals surface area contributed by atoms with Crippen LogP contribution in [0.2, 0.25) is 0 Å². The van der Waals surface area contributed by atoms with Crippen LogP contribution in [-0.2, 0) is 0 Å². The van der Waals surface area contributed by atoms with Crippen molar-refractivity contribution in [3.8, 4) is 0 Å². The molecule has 1 aromatic heterocycles. The molecule has 0 unspecified atom stereocenters. The molecule has 0 aromatic carbocycles. The summed E-state index contributed by atoms with van der Waals surface area (Å²) in [6.07, 6.45) is -2.66. The molecule has 0 aliphatic carbocycles. The van der Waals surface area contributed by atoms with Crippen molar-refractivity contribution in [3.63, 3.8) is 0 Å². The lowest BCUT2D eigenvalue weighted by Gasteiger charge is -2.00. The highest BCUT2D eigenvalue weighted by Gasteiger charge is 2.10. The van der Waals surface area contributed by atoms with Crippen LogP contribution in [-0.4, -0.2) is 15.4 Å². The molecule has 70 valence electrons. The average Bonchev–Trinajstić information content (AvgIpc) is 2.17. The van der Waals surface area contributed by atoms with Crippen molar-refractivity contribution in [2.75, 3.05) is 0 Å². The largest absolute Gasteiger partial charge is 0.410 e. The number of pyridine rings is 1. The molecule has 0 bridgehead atoms. The molecule has 0 radical (unpaired) electrons. The SMILES string of the molecule is O/N=C(/Cl)c1cccc(C(F)F)n1. The van der Waals surface area contributed by atoms with Crippen molar-refractivity contribution in [3.05, 3.63) is 29.6 Å². The van der Waals surface area contributed by atoms with Gasteiger partial charge in [-0.25, -0.2) is 13.8 Å². The molecule has 3 nitrogen and oxygen atoms in total. The number of halogens is 3. The second-order valence-corrected chi connectivity index (χ2v) is 2.50. The fourth-order valence-corrected chi connectivity index (χ4v) is 0.844. The Morgan fingerprint density at radius 3 is 2.77 bits per heavy atom. The van der Waals surface area contributed by atoms with E-state index in [2.05, 4.69) is 10.1 Å². The van der Waals surface area contributed by atoms with Crippen molar-refractivity contribution >= 4 is 16.8 Å². The van der Waals surface area contributed by atoms with Crippen LogP contribution in [0.1, 0.15) is 17.8 Å². The maximum Gasteiger partial charge on any atom is 0.280 e. The van der Waals surface area contributed by atoms with Gasteiger partial charge in [-0.2, -0.15) is 0 Å². The molecule has 0 spiro atoms. The van der Waals surface area contributed by atoms with Gasteiger partial charge in [-0.1, -0.05) is 22.8 Å². The van der Waals surface area contributed by atoms with E-state index in [0.717, 1.165) is 6.07 Å². The van der Waals surface area contributed by atoms with Crippen LogP contribution in [0.15, 0.2) is 23.4 Å². The zero-order valence-electron chi connectivity index (χ0n) is 6.28. The van der Waals surface area contributed by atoms with E-state index in [4.69, 9.17) is 16.8 Å². The first-order chi connectivity index (χ1) is 6.15. The third-order valence-electron chi connectivity index (χ3n) is 1.29. The summed E-state index contributed by atoms with van der Waals surface area (Å²) < 4.78 is 24.2. The highest BCUT2D eigenvalue weighted by Crippen LogP contribution is 2.16. The summed E-state index contributed by atoms with van der Waals surface area (Å²) in [5, 5.41) is 10.6. The predicted molar refractivity (Wildman–Crippen MR) is 43.4 cm³/mol. The van der Waals surface area contributed by atoms with Gasteiger partial charge < -0.3 is 5.21 Å². The standard InChI is InChI=1S/C7H5ClF2N2O/c8-6(12-13)4-2-1-3-5(11-4)7(9)10/h1-3,7,13H/b12-6+. The third-order valence-corrected chi connectivity index (χ3v) is 1.56. The third kappa shape index (κ3) is 2.35. The number of oxime groups is 1. The normalized spacial score (nSPS) is 12.2. The van der Waals surface area contributed by atoms with E-state index in [0.29, 0.717) is 0 Å². The van der Waals surface area contributed by atoms with Gasteiger partial charge in [0.05, 0.1) is 0 Å². The van der Waals surface area contributed by atoms with Gasteiger partial charge in [-0.05, 0) is 12.1 Å². The van der Waals surface area contributed by atoms with Crippen LogP contribution in [0.3, 0.4) is 0 Å². The van der Waals surface area contributed by atoms with Crippen molar-refractivity contribution < 1.29 is 14.0 Å². The number of hydrogen-bond acceptors (Lipinski definition) is 3. The Hall–Kier alpha value is -1.23. The Bertz CT molecular complexity index is 330. The summed E-state index contributed by atoms with van der Waals surface area (Å²) >= 11 is 5.36. The topological polar surface area (TPSA) is 45.5 Å². The van der Waals surface area contributed by atoms with Crippen LogP contribution in [0.4, 0.5) is 8.78 Å². The van der Waals surface area contributed by atoms with E-state index in [1.165, 1.54) is 12.1 Å². The molecular weight excluding hydrogens is 202 g/mol. The second kappa shape index (κ2) is 4.13. The summed E-state index contributed by atoms with van der Waals surface area (Å²) in [5.41, 5.74) is -0.388. The molecule has 1 N–H and O–H groups in total. The minimum absolute atomic E-state index is 0.0157. The zero-order chi connectivity index (χ0) is 9.84. The smallest absolute Gasteiger partial charge is 0.280 e. The Morgan fingerprint density at radius 1 is 1.54 bits per heavy atom. The van der Waals surface area contributed by atoms with E-state index >= 15 is 0 Å². The molecule has 1 heterocycles. The highest BCUT2D eigenvalue weighted by atomic mass is 35.5. The van der Waals surface area contributed by atoms with E-state index in [9.17, 15) is 8.78 Å². The van der Waals surface area contributed by atoms with E-state index in [1.807, 2.05) is 0 Å². The van der Waals surface area contributed by atoms with Gasteiger partial charge in [-0.15, -0.1) is 0 Å². The minimum atomic E-state index is -2.66. The molecule has 1 rings (SSSR count). The maximum atomic E-state index is 12.1. The van der Waals surface area contributed by atoms with Gasteiger partial charge in [0.2, 0.25) is 0 Å². The van der Waals surface area contributed by atoms with Crippen LogP contribution < -0.4 is 0 Å². The lowest BCUT2D eigenvalue weighted by Crippen LogP contribution is -1.99. The Morgan fingerprint density at radius 2 is 2.23 bits per heavy atom. The van der Waals surface area contributed by atoms with Crippen molar-refractivity contribution in [2.45, 2.75) is 6.43 Å². The quantitative estimate of drug-likeness (QED) is 0.459. The number of aromatic nitrogens is 1.